The molecule has 0 aliphatic carbocycles. The van der Waals surface area contributed by atoms with Gasteiger partial charge in [-0.05, 0) is 26.8 Å². The SMILES string of the molecule is CC(Cn1ccnc1)NC(=O)CCOc1cccc2c1OC(C)(C)C2. The van der Waals surface area contributed by atoms with Gasteiger partial charge in [-0.1, -0.05) is 12.1 Å². The number of hydrogen-bond donors (Lipinski definition) is 1. The molecule has 0 saturated carbocycles. The predicted molar refractivity (Wildman–Crippen MR) is 94.8 cm³/mol. The number of hydrogen-bond acceptors (Lipinski definition) is 4. The topological polar surface area (TPSA) is 65.4 Å². The second-order valence-corrected chi connectivity index (χ2v) is 7.11. The van der Waals surface area contributed by atoms with E-state index in [1.54, 1.807) is 12.5 Å². The molecule has 0 spiro atoms. The quantitative estimate of drug-likeness (QED) is 0.839. The van der Waals surface area contributed by atoms with Gasteiger partial charge in [0.15, 0.2) is 11.5 Å². The molecule has 1 aromatic carbocycles. The summed E-state index contributed by atoms with van der Waals surface area (Å²) in [6, 6.07) is 5.94. The number of benzene rings is 1. The second kappa shape index (κ2) is 7.17. The van der Waals surface area contributed by atoms with E-state index in [1.165, 1.54) is 0 Å². The van der Waals surface area contributed by atoms with E-state index in [2.05, 4.69) is 30.2 Å². The molecule has 0 saturated heterocycles. The molecule has 1 amide bonds. The van der Waals surface area contributed by atoms with E-state index in [0.29, 0.717) is 25.3 Å². The van der Waals surface area contributed by atoms with E-state index in [4.69, 9.17) is 9.47 Å². The maximum atomic E-state index is 12.1. The molecular formula is C19H25N3O3. The van der Waals surface area contributed by atoms with Crippen molar-refractivity contribution in [2.75, 3.05) is 6.61 Å². The zero-order valence-electron chi connectivity index (χ0n) is 15.0. The first kappa shape index (κ1) is 17.3. The van der Waals surface area contributed by atoms with E-state index in [-0.39, 0.29) is 17.6 Å². The van der Waals surface area contributed by atoms with Crippen molar-refractivity contribution in [2.45, 2.75) is 51.8 Å². The number of rotatable bonds is 7. The number of aromatic nitrogens is 2. The first-order chi connectivity index (χ1) is 11.9. The smallest absolute Gasteiger partial charge is 0.223 e. The summed E-state index contributed by atoms with van der Waals surface area (Å²) in [7, 11) is 0. The van der Waals surface area contributed by atoms with Crippen LogP contribution in [-0.2, 0) is 17.8 Å². The minimum absolute atomic E-state index is 0.0264. The van der Waals surface area contributed by atoms with Gasteiger partial charge < -0.3 is 19.4 Å². The summed E-state index contributed by atoms with van der Waals surface area (Å²) in [4.78, 5) is 16.1. The van der Waals surface area contributed by atoms with Crippen LogP contribution in [0.25, 0.3) is 0 Å². The summed E-state index contributed by atoms with van der Waals surface area (Å²) < 4.78 is 13.7. The lowest BCUT2D eigenvalue weighted by atomic mass is 10.0. The van der Waals surface area contributed by atoms with Gasteiger partial charge >= 0.3 is 0 Å². The number of nitrogens with one attached hydrogen (secondary N) is 1. The third kappa shape index (κ3) is 4.53. The van der Waals surface area contributed by atoms with Crippen molar-refractivity contribution in [3.05, 3.63) is 42.5 Å². The Hall–Kier alpha value is -2.50. The van der Waals surface area contributed by atoms with Crippen molar-refractivity contribution in [2.24, 2.45) is 0 Å². The molecule has 134 valence electrons. The van der Waals surface area contributed by atoms with Gasteiger partial charge in [-0.15, -0.1) is 0 Å². The fourth-order valence-electron chi connectivity index (χ4n) is 3.06. The third-order valence-corrected chi connectivity index (χ3v) is 4.09. The molecule has 2 aromatic rings. The second-order valence-electron chi connectivity index (χ2n) is 7.11. The maximum absolute atomic E-state index is 12.1. The minimum atomic E-state index is -0.206. The van der Waals surface area contributed by atoms with Crippen LogP contribution < -0.4 is 14.8 Å². The number of carbonyl (C=O) groups excluding carboxylic acids is 1. The lowest BCUT2D eigenvalue weighted by Crippen LogP contribution is -2.36. The summed E-state index contributed by atoms with van der Waals surface area (Å²) in [5, 5.41) is 2.97. The van der Waals surface area contributed by atoms with Crippen molar-refractivity contribution in [3.63, 3.8) is 0 Å². The number of ether oxygens (including phenoxy) is 2. The van der Waals surface area contributed by atoms with Gasteiger partial charge in [-0.2, -0.15) is 0 Å². The van der Waals surface area contributed by atoms with Crippen LogP contribution in [0.1, 0.15) is 32.8 Å². The molecule has 0 fully saturated rings. The number of imidazole rings is 1. The van der Waals surface area contributed by atoms with Gasteiger partial charge in [-0.3, -0.25) is 4.79 Å². The number of para-hydroxylation sites is 1. The average Bonchev–Trinajstić information content (AvgIpc) is 3.13. The van der Waals surface area contributed by atoms with Crippen LogP contribution >= 0.6 is 0 Å². The van der Waals surface area contributed by atoms with Crippen molar-refractivity contribution in [1.82, 2.24) is 14.9 Å². The van der Waals surface area contributed by atoms with Crippen LogP contribution in [0.2, 0.25) is 0 Å². The summed E-state index contributed by atoms with van der Waals surface area (Å²) in [5.41, 5.74) is 0.947. The van der Waals surface area contributed by atoms with Gasteiger partial charge in [0, 0.05) is 37.0 Å². The average molecular weight is 343 g/mol. The van der Waals surface area contributed by atoms with E-state index in [1.807, 2.05) is 29.8 Å². The molecule has 6 heteroatoms. The number of nitrogens with zero attached hydrogens (tertiary/aromatic N) is 2. The fraction of sp³-hybridized carbons (Fsp3) is 0.474. The van der Waals surface area contributed by atoms with Gasteiger partial charge in [0.1, 0.15) is 5.60 Å². The Morgan fingerprint density at radius 1 is 1.48 bits per heavy atom. The first-order valence-electron chi connectivity index (χ1n) is 8.62. The molecule has 25 heavy (non-hydrogen) atoms. The van der Waals surface area contributed by atoms with Crippen molar-refractivity contribution >= 4 is 5.91 Å². The van der Waals surface area contributed by atoms with E-state index >= 15 is 0 Å². The highest BCUT2D eigenvalue weighted by Crippen LogP contribution is 2.41. The number of amides is 1. The van der Waals surface area contributed by atoms with Gasteiger partial charge in [0.2, 0.25) is 5.91 Å². The Bertz CT molecular complexity index is 726. The van der Waals surface area contributed by atoms with Crippen LogP contribution in [0, 0.1) is 0 Å². The van der Waals surface area contributed by atoms with Crippen LogP contribution in [0.15, 0.2) is 36.9 Å². The zero-order chi connectivity index (χ0) is 17.9. The molecule has 1 aromatic heterocycles. The molecule has 3 rings (SSSR count). The Kier molecular flexibility index (Phi) is 4.97. The molecule has 2 heterocycles. The molecule has 1 N–H and O–H groups in total. The normalized spacial score (nSPS) is 16.0. The van der Waals surface area contributed by atoms with Gasteiger partial charge in [0.05, 0.1) is 19.4 Å². The predicted octanol–water partition coefficient (Wildman–Crippen LogP) is 2.57. The van der Waals surface area contributed by atoms with Crippen LogP contribution in [-0.4, -0.2) is 33.7 Å². The van der Waals surface area contributed by atoms with Crippen LogP contribution in [0.4, 0.5) is 0 Å². The van der Waals surface area contributed by atoms with Gasteiger partial charge in [0.25, 0.3) is 0 Å². The summed E-state index contributed by atoms with van der Waals surface area (Å²) in [5.74, 6) is 1.49. The summed E-state index contributed by atoms with van der Waals surface area (Å²) >= 11 is 0. The largest absolute Gasteiger partial charge is 0.489 e. The van der Waals surface area contributed by atoms with Crippen molar-refractivity contribution in [1.29, 1.82) is 0 Å². The fourth-order valence-corrected chi connectivity index (χ4v) is 3.06. The highest BCUT2D eigenvalue weighted by Gasteiger charge is 2.32. The Labute approximate surface area is 148 Å². The molecule has 6 nitrogen and oxygen atoms in total. The first-order valence-corrected chi connectivity index (χ1v) is 8.62. The number of carbonyl (C=O) groups is 1. The molecule has 1 unspecified atom stereocenters. The maximum Gasteiger partial charge on any atom is 0.223 e. The summed E-state index contributed by atoms with van der Waals surface area (Å²) in [6.45, 7) is 7.11. The van der Waals surface area contributed by atoms with Crippen molar-refractivity contribution < 1.29 is 14.3 Å². The van der Waals surface area contributed by atoms with Crippen LogP contribution in [0.3, 0.4) is 0 Å². The molecule has 0 bridgehead atoms. The molecule has 0 radical (unpaired) electrons. The van der Waals surface area contributed by atoms with E-state index in [0.717, 1.165) is 17.7 Å². The Morgan fingerprint density at radius 2 is 2.32 bits per heavy atom. The molecule has 1 aliphatic heterocycles. The molecular weight excluding hydrogens is 318 g/mol. The lowest BCUT2D eigenvalue weighted by molar-refractivity contribution is -0.122. The Balaban J connectivity index is 1.46. The van der Waals surface area contributed by atoms with Gasteiger partial charge in [-0.25, -0.2) is 4.98 Å². The highest BCUT2D eigenvalue weighted by atomic mass is 16.5. The lowest BCUT2D eigenvalue weighted by Gasteiger charge is -2.18. The third-order valence-electron chi connectivity index (χ3n) is 4.09. The van der Waals surface area contributed by atoms with E-state index in [9.17, 15) is 4.79 Å². The van der Waals surface area contributed by atoms with Crippen LogP contribution in [0.5, 0.6) is 11.5 Å². The van der Waals surface area contributed by atoms with E-state index < -0.39 is 0 Å². The van der Waals surface area contributed by atoms with Crippen molar-refractivity contribution in [3.8, 4) is 11.5 Å². The Morgan fingerprint density at radius 3 is 3.08 bits per heavy atom. The minimum Gasteiger partial charge on any atom is -0.489 e. The molecule has 1 aliphatic rings. The monoisotopic (exact) mass is 343 g/mol. The summed E-state index contributed by atoms with van der Waals surface area (Å²) in [6.07, 6.45) is 6.52. The standard InChI is InChI=1S/C19H25N3O3/c1-14(12-22-9-8-20-13-22)21-17(23)7-10-24-16-6-4-5-15-11-19(2,3)25-18(15)16/h4-6,8-9,13-14H,7,10-12H2,1-3H3,(H,21,23). The highest BCUT2D eigenvalue weighted by molar-refractivity contribution is 5.76. The molecule has 1 atom stereocenters. The zero-order valence-corrected chi connectivity index (χ0v) is 15.0. The number of fused-ring (bicyclic) bond motifs is 1.